The van der Waals surface area contributed by atoms with Gasteiger partial charge in [0.1, 0.15) is 15.9 Å². The Morgan fingerprint density at radius 3 is 3.11 bits per heavy atom. The lowest BCUT2D eigenvalue weighted by molar-refractivity contribution is 0.410. The SMILES string of the molecule is CSc1c(NCCc2ncon2)sc(C#N)c1N. The molecule has 0 spiro atoms. The van der Waals surface area contributed by atoms with Crippen LogP contribution in [0.25, 0.3) is 0 Å². The molecule has 2 rings (SSSR count). The van der Waals surface area contributed by atoms with Crippen LogP contribution in [-0.2, 0) is 6.42 Å². The van der Waals surface area contributed by atoms with Gasteiger partial charge >= 0.3 is 0 Å². The van der Waals surface area contributed by atoms with Crippen LogP contribution in [0.5, 0.6) is 0 Å². The summed E-state index contributed by atoms with van der Waals surface area (Å²) in [7, 11) is 0. The minimum atomic E-state index is 0.543. The number of nitrogens with two attached hydrogens (primary N) is 1. The Balaban J connectivity index is 2.03. The third kappa shape index (κ3) is 2.57. The first kappa shape index (κ1) is 12.7. The molecule has 94 valence electrons. The van der Waals surface area contributed by atoms with Crippen LogP contribution in [0.4, 0.5) is 10.7 Å². The number of nitriles is 1. The smallest absolute Gasteiger partial charge is 0.213 e. The largest absolute Gasteiger partial charge is 0.396 e. The summed E-state index contributed by atoms with van der Waals surface area (Å²) in [6.07, 6.45) is 3.90. The van der Waals surface area contributed by atoms with Gasteiger partial charge in [0.05, 0.1) is 10.6 Å². The van der Waals surface area contributed by atoms with Crippen LogP contribution in [0.2, 0.25) is 0 Å². The van der Waals surface area contributed by atoms with E-state index in [2.05, 4.69) is 26.0 Å². The van der Waals surface area contributed by atoms with Gasteiger partial charge in [0.25, 0.3) is 0 Å². The number of rotatable bonds is 5. The fraction of sp³-hybridized carbons (Fsp3) is 0.300. The Bertz CT molecular complexity index is 558. The lowest BCUT2D eigenvalue weighted by Crippen LogP contribution is -2.05. The van der Waals surface area contributed by atoms with Crippen LogP contribution in [0.3, 0.4) is 0 Å². The highest BCUT2D eigenvalue weighted by Gasteiger charge is 2.14. The minimum Gasteiger partial charge on any atom is -0.396 e. The number of nitrogen functional groups attached to an aromatic ring is 1. The van der Waals surface area contributed by atoms with Gasteiger partial charge in [-0.3, -0.25) is 0 Å². The number of nitrogens with one attached hydrogen (secondary N) is 1. The zero-order chi connectivity index (χ0) is 13.0. The summed E-state index contributed by atoms with van der Waals surface area (Å²) in [6, 6.07) is 2.09. The molecule has 8 heteroatoms. The highest BCUT2D eigenvalue weighted by Crippen LogP contribution is 2.41. The number of anilines is 2. The quantitative estimate of drug-likeness (QED) is 0.808. The fourth-order valence-corrected chi connectivity index (χ4v) is 3.28. The molecular weight excluding hydrogens is 270 g/mol. The van der Waals surface area contributed by atoms with Gasteiger partial charge in [-0.2, -0.15) is 10.2 Å². The van der Waals surface area contributed by atoms with Gasteiger partial charge < -0.3 is 15.6 Å². The van der Waals surface area contributed by atoms with Gasteiger partial charge in [-0.25, -0.2) is 0 Å². The van der Waals surface area contributed by atoms with Crippen LogP contribution in [0.1, 0.15) is 10.7 Å². The first-order valence-electron chi connectivity index (χ1n) is 5.11. The number of thioether (sulfide) groups is 1. The molecule has 6 nitrogen and oxygen atoms in total. The van der Waals surface area contributed by atoms with Crippen molar-refractivity contribution in [1.82, 2.24) is 10.1 Å². The van der Waals surface area contributed by atoms with Gasteiger partial charge in [-0.05, 0) is 6.26 Å². The van der Waals surface area contributed by atoms with Crippen molar-refractivity contribution < 1.29 is 4.52 Å². The molecule has 0 aliphatic rings. The van der Waals surface area contributed by atoms with Gasteiger partial charge in [0.2, 0.25) is 6.39 Å². The summed E-state index contributed by atoms with van der Waals surface area (Å²) in [6.45, 7) is 0.665. The summed E-state index contributed by atoms with van der Waals surface area (Å²) in [4.78, 5) is 5.40. The second-order valence-corrected chi connectivity index (χ2v) is 5.18. The molecule has 0 aliphatic heterocycles. The Morgan fingerprint density at radius 1 is 1.67 bits per heavy atom. The molecule has 0 aliphatic carbocycles. The Kier molecular flexibility index (Phi) is 4.07. The van der Waals surface area contributed by atoms with Crippen molar-refractivity contribution in [3.8, 4) is 6.07 Å². The summed E-state index contributed by atoms with van der Waals surface area (Å²) in [5.74, 6) is 0.651. The molecule has 0 radical (unpaired) electrons. The normalized spacial score (nSPS) is 10.2. The molecule has 0 unspecified atom stereocenters. The summed E-state index contributed by atoms with van der Waals surface area (Å²) < 4.78 is 4.65. The summed E-state index contributed by atoms with van der Waals surface area (Å²) in [5, 5.41) is 16.8. The molecule has 18 heavy (non-hydrogen) atoms. The third-order valence-electron chi connectivity index (χ3n) is 2.25. The van der Waals surface area contributed by atoms with Crippen LogP contribution in [-0.4, -0.2) is 22.9 Å². The molecule has 0 bridgehead atoms. The van der Waals surface area contributed by atoms with Gasteiger partial charge in [-0.15, -0.1) is 23.1 Å². The second-order valence-electron chi connectivity index (χ2n) is 3.34. The van der Waals surface area contributed by atoms with Crippen molar-refractivity contribution in [1.29, 1.82) is 5.26 Å². The summed E-state index contributed by atoms with van der Waals surface area (Å²) >= 11 is 2.89. The number of hydrogen-bond donors (Lipinski definition) is 2. The Labute approximate surface area is 112 Å². The average Bonchev–Trinajstić information content (AvgIpc) is 2.97. The first-order chi connectivity index (χ1) is 8.76. The Hall–Kier alpha value is -1.72. The molecule has 0 atom stereocenters. The third-order valence-corrected chi connectivity index (χ3v) is 4.28. The zero-order valence-electron chi connectivity index (χ0n) is 9.64. The van der Waals surface area contributed by atoms with E-state index in [0.717, 1.165) is 9.90 Å². The predicted molar refractivity (Wildman–Crippen MR) is 71.7 cm³/mol. The standard InChI is InChI=1S/C10H11N5OS2/c1-17-9-8(12)6(4-11)18-10(9)13-3-2-7-14-5-16-15-7/h5,13H,2-3,12H2,1H3. The predicted octanol–water partition coefficient (Wildman–Crippen LogP) is 1.96. The number of hydrogen-bond acceptors (Lipinski definition) is 8. The maximum Gasteiger partial charge on any atom is 0.213 e. The Morgan fingerprint density at radius 2 is 2.50 bits per heavy atom. The van der Waals surface area contributed by atoms with Crippen molar-refractivity contribution in [3.63, 3.8) is 0 Å². The molecule has 0 saturated carbocycles. The maximum atomic E-state index is 8.94. The lowest BCUT2D eigenvalue weighted by atomic mass is 10.4. The molecule has 0 aromatic carbocycles. The van der Waals surface area contributed by atoms with E-state index >= 15 is 0 Å². The monoisotopic (exact) mass is 281 g/mol. The van der Waals surface area contributed by atoms with E-state index in [-0.39, 0.29) is 0 Å². The molecule has 0 fully saturated rings. The van der Waals surface area contributed by atoms with Crippen LogP contribution in [0.15, 0.2) is 15.8 Å². The maximum absolute atomic E-state index is 8.94. The second kappa shape index (κ2) is 5.75. The molecule has 0 amide bonds. The van der Waals surface area contributed by atoms with Crippen molar-refractivity contribution in [2.45, 2.75) is 11.3 Å². The molecule has 2 aromatic heterocycles. The zero-order valence-corrected chi connectivity index (χ0v) is 11.3. The fourth-order valence-electron chi connectivity index (χ4n) is 1.42. The highest BCUT2D eigenvalue weighted by molar-refractivity contribution is 7.99. The van der Waals surface area contributed by atoms with E-state index in [0.29, 0.717) is 29.4 Å². The highest BCUT2D eigenvalue weighted by atomic mass is 32.2. The van der Waals surface area contributed by atoms with E-state index in [4.69, 9.17) is 11.0 Å². The molecule has 0 saturated heterocycles. The lowest BCUT2D eigenvalue weighted by Gasteiger charge is -2.04. The molecule has 3 N–H and O–H groups in total. The van der Waals surface area contributed by atoms with Crippen molar-refractivity contribution in [2.24, 2.45) is 0 Å². The van der Waals surface area contributed by atoms with Crippen LogP contribution >= 0.6 is 23.1 Å². The van der Waals surface area contributed by atoms with Gasteiger partial charge in [-0.1, -0.05) is 5.16 Å². The van der Waals surface area contributed by atoms with E-state index in [1.807, 2.05) is 6.26 Å². The van der Waals surface area contributed by atoms with E-state index in [1.165, 1.54) is 29.5 Å². The first-order valence-corrected chi connectivity index (χ1v) is 7.15. The number of thiophene rings is 1. The van der Waals surface area contributed by atoms with E-state index in [9.17, 15) is 0 Å². The van der Waals surface area contributed by atoms with Crippen molar-refractivity contribution in [2.75, 3.05) is 23.9 Å². The van der Waals surface area contributed by atoms with E-state index in [1.54, 1.807) is 0 Å². The molecule has 2 aromatic rings. The van der Waals surface area contributed by atoms with Crippen molar-refractivity contribution >= 4 is 33.8 Å². The van der Waals surface area contributed by atoms with Gasteiger partial charge in [0, 0.05) is 13.0 Å². The molecular formula is C10H11N5OS2. The van der Waals surface area contributed by atoms with E-state index < -0.39 is 0 Å². The topological polar surface area (TPSA) is 101 Å². The van der Waals surface area contributed by atoms with Gasteiger partial charge in [0.15, 0.2) is 5.82 Å². The minimum absolute atomic E-state index is 0.543. The molecule has 2 heterocycles. The average molecular weight is 281 g/mol. The van der Waals surface area contributed by atoms with Crippen LogP contribution < -0.4 is 11.1 Å². The summed E-state index contributed by atoms with van der Waals surface area (Å²) in [5.41, 5.74) is 6.43. The number of nitrogens with zero attached hydrogens (tertiary/aromatic N) is 3. The van der Waals surface area contributed by atoms with Crippen molar-refractivity contribution in [3.05, 3.63) is 17.1 Å². The number of aromatic nitrogens is 2. The van der Waals surface area contributed by atoms with Crippen LogP contribution in [0, 0.1) is 11.3 Å².